The Labute approximate surface area is 112 Å². The van der Waals surface area contributed by atoms with Crippen molar-refractivity contribution in [3.8, 4) is 11.5 Å². The van der Waals surface area contributed by atoms with Crippen molar-refractivity contribution < 1.29 is 14.3 Å². The van der Waals surface area contributed by atoms with Crippen LogP contribution in [0.1, 0.15) is 23.7 Å². The highest BCUT2D eigenvalue weighted by atomic mass is 16.6. The molecule has 1 fully saturated rings. The topological polar surface area (TPSA) is 64.8 Å². The lowest BCUT2D eigenvalue weighted by Crippen LogP contribution is -2.68. The number of hydrogen-bond acceptors (Lipinski definition) is 4. The number of hydrogen-bond donors (Lipinski definition) is 1. The lowest BCUT2D eigenvalue weighted by Gasteiger charge is -2.47. The molecule has 3 rings (SSSR count). The standard InChI is InChI=1S/C14H18N2O3/c1-2-14(15)8-16(9-14)13(17)10-3-4-11-12(7-10)19-6-5-18-11/h3-4,7H,2,5-6,8-9,15H2,1H3. The molecule has 1 saturated heterocycles. The number of amides is 1. The van der Waals surface area contributed by atoms with Crippen LogP contribution in [0.5, 0.6) is 11.5 Å². The first-order valence-corrected chi connectivity index (χ1v) is 6.59. The zero-order valence-electron chi connectivity index (χ0n) is 11.0. The number of nitrogens with two attached hydrogens (primary N) is 1. The Morgan fingerprint density at radius 1 is 1.32 bits per heavy atom. The largest absolute Gasteiger partial charge is 0.486 e. The molecule has 0 unspecified atom stereocenters. The highest BCUT2D eigenvalue weighted by Crippen LogP contribution is 2.32. The number of rotatable bonds is 2. The first-order valence-electron chi connectivity index (χ1n) is 6.59. The van der Waals surface area contributed by atoms with Crippen LogP contribution >= 0.6 is 0 Å². The van der Waals surface area contributed by atoms with Gasteiger partial charge in [-0.2, -0.15) is 0 Å². The van der Waals surface area contributed by atoms with Gasteiger partial charge in [0.1, 0.15) is 13.2 Å². The van der Waals surface area contributed by atoms with Gasteiger partial charge in [-0.3, -0.25) is 4.79 Å². The van der Waals surface area contributed by atoms with Gasteiger partial charge in [-0.15, -0.1) is 0 Å². The van der Waals surface area contributed by atoms with Crippen molar-refractivity contribution in [2.75, 3.05) is 26.3 Å². The van der Waals surface area contributed by atoms with E-state index < -0.39 is 0 Å². The van der Waals surface area contributed by atoms with Gasteiger partial charge in [0.25, 0.3) is 5.91 Å². The van der Waals surface area contributed by atoms with E-state index in [9.17, 15) is 4.79 Å². The van der Waals surface area contributed by atoms with Crippen molar-refractivity contribution in [3.63, 3.8) is 0 Å². The Balaban J connectivity index is 1.74. The van der Waals surface area contributed by atoms with E-state index in [1.165, 1.54) is 0 Å². The third-order valence-corrected chi connectivity index (χ3v) is 3.79. The van der Waals surface area contributed by atoms with Crippen molar-refractivity contribution in [3.05, 3.63) is 23.8 Å². The predicted octanol–water partition coefficient (Wildman–Crippen LogP) is 1.02. The van der Waals surface area contributed by atoms with Gasteiger partial charge in [0.15, 0.2) is 11.5 Å². The monoisotopic (exact) mass is 262 g/mol. The fourth-order valence-corrected chi connectivity index (χ4v) is 2.44. The first kappa shape index (κ1) is 12.3. The van der Waals surface area contributed by atoms with E-state index in [-0.39, 0.29) is 11.4 Å². The smallest absolute Gasteiger partial charge is 0.254 e. The van der Waals surface area contributed by atoms with Crippen LogP contribution in [0, 0.1) is 0 Å². The van der Waals surface area contributed by atoms with Crippen molar-refractivity contribution in [2.24, 2.45) is 5.73 Å². The highest BCUT2D eigenvalue weighted by molar-refractivity contribution is 5.95. The molecule has 2 aliphatic rings. The van der Waals surface area contributed by atoms with E-state index in [0.29, 0.717) is 43.4 Å². The minimum Gasteiger partial charge on any atom is -0.486 e. The van der Waals surface area contributed by atoms with E-state index in [4.69, 9.17) is 15.2 Å². The SMILES string of the molecule is CCC1(N)CN(C(=O)c2ccc3c(c2)OCCO3)C1. The molecular weight excluding hydrogens is 244 g/mol. The van der Waals surface area contributed by atoms with Crippen LogP contribution in [0.3, 0.4) is 0 Å². The summed E-state index contributed by atoms with van der Waals surface area (Å²) >= 11 is 0. The normalized spacial score (nSPS) is 19.8. The number of fused-ring (bicyclic) bond motifs is 1. The Kier molecular flexibility index (Phi) is 2.86. The predicted molar refractivity (Wildman–Crippen MR) is 70.5 cm³/mol. The van der Waals surface area contributed by atoms with Gasteiger partial charge in [-0.25, -0.2) is 0 Å². The fraction of sp³-hybridized carbons (Fsp3) is 0.500. The van der Waals surface area contributed by atoms with E-state index in [2.05, 4.69) is 0 Å². The van der Waals surface area contributed by atoms with E-state index in [0.717, 1.165) is 6.42 Å². The first-order chi connectivity index (χ1) is 9.11. The zero-order chi connectivity index (χ0) is 13.5. The molecule has 0 aromatic heterocycles. The second kappa shape index (κ2) is 4.42. The summed E-state index contributed by atoms with van der Waals surface area (Å²) < 4.78 is 10.9. The lowest BCUT2D eigenvalue weighted by atomic mass is 9.88. The van der Waals surface area contributed by atoms with Crippen LogP contribution in [0.2, 0.25) is 0 Å². The van der Waals surface area contributed by atoms with E-state index in [1.807, 2.05) is 6.92 Å². The lowest BCUT2D eigenvalue weighted by molar-refractivity contribution is 0.0400. The third kappa shape index (κ3) is 2.14. The molecule has 19 heavy (non-hydrogen) atoms. The molecule has 0 aliphatic carbocycles. The summed E-state index contributed by atoms with van der Waals surface area (Å²) in [5.41, 5.74) is 6.50. The fourth-order valence-electron chi connectivity index (χ4n) is 2.44. The highest BCUT2D eigenvalue weighted by Gasteiger charge is 2.40. The molecule has 2 N–H and O–H groups in total. The summed E-state index contributed by atoms with van der Waals surface area (Å²) in [6, 6.07) is 5.31. The molecule has 0 spiro atoms. The second-order valence-electron chi connectivity index (χ2n) is 5.24. The molecule has 5 heteroatoms. The Hall–Kier alpha value is -1.75. The molecule has 0 radical (unpaired) electrons. The maximum Gasteiger partial charge on any atom is 0.254 e. The van der Waals surface area contributed by atoms with Gasteiger partial charge in [-0.05, 0) is 24.6 Å². The minimum absolute atomic E-state index is 0.00602. The number of ether oxygens (including phenoxy) is 2. The van der Waals surface area contributed by atoms with Crippen LogP contribution in [0.25, 0.3) is 0 Å². The Morgan fingerprint density at radius 2 is 2.00 bits per heavy atom. The van der Waals surface area contributed by atoms with Crippen LogP contribution in [0.15, 0.2) is 18.2 Å². The van der Waals surface area contributed by atoms with Crippen molar-refractivity contribution in [1.29, 1.82) is 0 Å². The number of nitrogens with zero attached hydrogens (tertiary/aromatic N) is 1. The van der Waals surface area contributed by atoms with Crippen LogP contribution in [0.4, 0.5) is 0 Å². The molecule has 1 amide bonds. The van der Waals surface area contributed by atoms with Gasteiger partial charge in [0.2, 0.25) is 0 Å². The molecule has 0 atom stereocenters. The maximum absolute atomic E-state index is 12.3. The van der Waals surface area contributed by atoms with Gasteiger partial charge in [-0.1, -0.05) is 6.92 Å². The Morgan fingerprint density at radius 3 is 2.68 bits per heavy atom. The molecular formula is C14H18N2O3. The molecule has 5 nitrogen and oxygen atoms in total. The Bertz CT molecular complexity index is 509. The molecule has 102 valence electrons. The maximum atomic E-state index is 12.3. The number of likely N-dealkylation sites (tertiary alicyclic amines) is 1. The van der Waals surface area contributed by atoms with Crippen molar-refractivity contribution >= 4 is 5.91 Å². The molecule has 2 heterocycles. The average Bonchev–Trinajstić information content (AvgIpc) is 2.42. The molecule has 1 aromatic rings. The van der Waals surface area contributed by atoms with Gasteiger partial charge >= 0.3 is 0 Å². The average molecular weight is 262 g/mol. The number of carbonyl (C=O) groups excluding carboxylic acids is 1. The van der Waals surface area contributed by atoms with E-state index >= 15 is 0 Å². The number of benzene rings is 1. The summed E-state index contributed by atoms with van der Waals surface area (Å²) in [5, 5.41) is 0. The molecule has 2 aliphatic heterocycles. The summed E-state index contributed by atoms with van der Waals surface area (Å²) in [5.74, 6) is 1.35. The van der Waals surface area contributed by atoms with Crippen molar-refractivity contribution in [1.82, 2.24) is 4.90 Å². The van der Waals surface area contributed by atoms with E-state index in [1.54, 1.807) is 23.1 Å². The van der Waals surface area contributed by atoms with Crippen LogP contribution in [-0.4, -0.2) is 42.6 Å². The van der Waals surface area contributed by atoms with Crippen LogP contribution in [-0.2, 0) is 0 Å². The molecule has 0 bridgehead atoms. The number of carbonyl (C=O) groups is 1. The van der Waals surface area contributed by atoms with Gasteiger partial charge in [0.05, 0.1) is 5.54 Å². The summed E-state index contributed by atoms with van der Waals surface area (Å²) in [4.78, 5) is 14.1. The van der Waals surface area contributed by atoms with Gasteiger partial charge in [0, 0.05) is 18.7 Å². The summed E-state index contributed by atoms with van der Waals surface area (Å²) in [6.07, 6.45) is 0.887. The zero-order valence-corrected chi connectivity index (χ0v) is 11.0. The van der Waals surface area contributed by atoms with Gasteiger partial charge < -0.3 is 20.1 Å². The minimum atomic E-state index is -0.205. The molecule has 0 saturated carbocycles. The van der Waals surface area contributed by atoms with Crippen LogP contribution < -0.4 is 15.2 Å². The summed E-state index contributed by atoms with van der Waals surface area (Å²) in [6.45, 7) is 4.37. The molecule has 1 aromatic carbocycles. The second-order valence-corrected chi connectivity index (χ2v) is 5.24. The quantitative estimate of drug-likeness (QED) is 0.864. The van der Waals surface area contributed by atoms with Crippen molar-refractivity contribution in [2.45, 2.75) is 18.9 Å². The third-order valence-electron chi connectivity index (χ3n) is 3.79. The summed E-state index contributed by atoms with van der Waals surface area (Å²) in [7, 11) is 0.